The molecule has 0 unspecified atom stereocenters. The van der Waals surface area contributed by atoms with Gasteiger partial charge in [-0.3, -0.25) is 4.79 Å². The minimum absolute atomic E-state index is 0.00275. The summed E-state index contributed by atoms with van der Waals surface area (Å²) < 4.78 is 106. The predicted molar refractivity (Wildman–Crippen MR) is 170 cm³/mol. The van der Waals surface area contributed by atoms with Crippen LogP contribution in [-0.2, 0) is 14.9 Å². The van der Waals surface area contributed by atoms with Crippen molar-refractivity contribution in [2.75, 3.05) is 57.3 Å². The molecular weight excluding hydrogens is 677 g/mol. The highest BCUT2D eigenvalue weighted by Crippen LogP contribution is 2.45. The topological polar surface area (TPSA) is 129 Å². The summed E-state index contributed by atoms with van der Waals surface area (Å²) in [5, 5.41) is 0. The van der Waals surface area contributed by atoms with Crippen LogP contribution in [0.15, 0.2) is 30.7 Å². The van der Waals surface area contributed by atoms with Crippen molar-refractivity contribution in [3.05, 3.63) is 42.1 Å². The summed E-state index contributed by atoms with van der Waals surface area (Å²) in [4.78, 5) is 27.1. The van der Waals surface area contributed by atoms with Gasteiger partial charge < -0.3 is 24.2 Å². The van der Waals surface area contributed by atoms with Gasteiger partial charge in [0, 0.05) is 37.1 Å². The summed E-state index contributed by atoms with van der Waals surface area (Å²) in [6, 6.07) is 2.35. The summed E-state index contributed by atoms with van der Waals surface area (Å²) in [6.45, 7) is 5.43. The van der Waals surface area contributed by atoms with E-state index in [4.69, 9.17) is 9.47 Å². The molecule has 2 atom stereocenters. The van der Waals surface area contributed by atoms with Gasteiger partial charge in [-0.2, -0.15) is 17.9 Å². The second-order valence-electron chi connectivity index (χ2n) is 13.1. The molecule has 12 nitrogen and oxygen atoms in total. The fraction of sp³-hybridized carbons (Fsp3) is 0.645. The zero-order valence-electron chi connectivity index (χ0n) is 27.3. The number of aromatic nitrogens is 2. The first-order valence-electron chi connectivity index (χ1n) is 16.2. The number of ether oxygens (including phenoxy) is 2. The maximum Gasteiger partial charge on any atom is 0.277 e. The number of anilines is 1. The number of amides is 1. The third-order valence-electron chi connectivity index (χ3n) is 9.12. The van der Waals surface area contributed by atoms with Crippen molar-refractivity contribution in [3.8, 4) is 11.5 Å². The Morgan fingerprint density at radius 1 is 1.12 bits per heavy atom. The molecule has 272 valence electrons. The molecule has 0 aliphatic carbocycles. The van der Waals surface area contributed by atoms with Crippen LogP contribution >= 0.6 is 0 Å². The molecule has 3 aliphatic heterocycles. The number of nitrogens with zero attached hydrogens (tertiary/aromatic N) is 5. The fourth-order valence-electron chi connectivity index (χ4n) is 6.53. The van der Waals surface area contributed by atoms with Crippen molar-refractivity contribution in [3.63, 3.8) is 0 Å². The van der Waals surface area contributed by atoms with E-state index in [-0.39, 0.29) is 35.2 Å². The highest BCUT2D eigenvalue weighted by molar-refractivity contribution is 7.87. The van der Waals surface area contributed by atoms with Gasteiger partial charge in [0.2, 0.25) is 0 Å². The van der Waals surface area contributed by atoms with E-state index in [9.17, 15) is 35.2 Å². The first-order chi connectivity index (χ1) is 23.2. The van der Waals surface area contributed by atoms with Crippen molar-refractivity contribution >= 4 is 21.9 Å². The SMILES string of the molecule is CC(C)N(CC(F)F)C(=O)c1cc(F)ccc1Oc1cncnc1N1CC2(CCN(C[C@@H]3CC[C@@H](NS(=O)(=O)NCC(F)F)CO3)CC2)C1. The van der Waals surface area contributed by atoms with Crippen molar-refractivity contribution in [1.29, 1.82) is 0 Å². The van der Waals surface area contributed by atoms with E-state index in [1.165, 1.54) is 18.6 Å². The van der Waals surface area contributed by atoms with Crippen LogP contribution in [0.5, 0.6) is 11.5 Å². The van der Waals surface area contributed by atoms with Crippen LogP contribution in [0.1, 0.15) is 49.9 Å². The number of nitrogens with one attached hydrogen (secondary N) is 2. The highest BCUT2D eigenvalue weighted by atomic mass is 32.2. The molecule has 5 rings (SSSR count). The largest absolute Gasteiger partial charge is 0.451 e. The van der Waals surface area contributed by atoms with Crippen molar-refractivity contribution in [2.45, 2.75) is 70.6 Å². The number of hydrogen-bond donors (Lipinski definition) is 2. The molecule has 0 saturated carbocycles. The lowest BCUT2D eigenvalue weighted by Gasteiger charge is -2.54. The van der Waals surface area contributed by atoms with Crippen molar-refractivity contribution < 1.29 is 44.6 Å². The average Bonchev–Trinajstić information content (AvgIpc) is 3.03. The van der Waals surface area contributed by atoms with Gasteiger partial charge in [-0.15, -0.1) is 0 Å². The van der Waals surface area contributed by atoms with Gasteiger partial charge in [0.25, 0.3) is 29.0 Å². The Morgan fingerprint density at radius 3 is 2.49 bits per heavy atom. The Balaban J connectivity index is 1.13. The monoisotopic (exact) mass is 719 g/mol. The molecule has 0 bridgehead atoms. The number of piperidine rings is 1. The summed E-state index contributed by atoms with van der Waals surface area (Å²) in [7, 11) is -4.03. The van der Waals surface area contributed by atoms with E-state index < -0.39 is 60.0 Å². The second kappa shape index (κ2) is 15.8. The molecular formula is C31H42F5N7O5S. The number of alkyl halides is 4. The van der Waals surface area contributed by atoms with E-state index in [2.05, 4.69) is 24.5 Å². The first kappa shape index (κ1) is 37.1. The van der Waals surface area contributed by atoms with Crippen LogP contribution in [0.2, 0.25) is 0 Å². The molecule has 4 heterocycles. The molecule has 3 fully saturated rings. The number of benzene rings is 1. The molecule has 18 heteroatoms. The van der Waals surface area contributed by atoms with E-state index in [0.717, 1.165) is 43.0 Å². The zero-order chi connectivity index (χ0) is 35.3. The zero-order valence-corrected chi connectivity index (χ0v) is 28.2. The van der Waals surface area contributed by atoms with Crippen LogP contribution < -0.4 is 19.1 Å². The Morgan fingerprint density at radius 2 is 1.86 bits per heavy atom. The minimum atomic E-state index is -4.03. The number of hydrogen-bond acceptors (Lipinski definition) is 9. The maximum atomic E-state index is 14.3. The lowest BCUT2D eigenvalue weighted by Crippen LogP contribution is -2.61. The maximum absolute atomic E-state index is 14.3. The molecule has 2 N–H and O–H groups in total. The lowest BCUT2D eigenvalue weighted by atomic mass is 9.72. The number of likely N-dealkylation sites (tertiary alicyclic amines) is 1. The molecule has 1 spiro atoms. The summed E-state index contributed by atoms with van der Waals surface area (Å²) >= 11 is 0. The Bertz CT molecular complexity index is 1530. The van der Waals surface area contributed by atoms with Crippen LogP contribution in [0.4, 0.5) is 27.8 Å². The van der Waals surface area contributed by atoms with E-state index in [1.807, 2.05) is 4.72 Å². The van der Waals surface area contributed by atoms with Crippen LogP contribution in [0, 0.1) is 11.2 Å². The Kier molecular flexibility index (Phi) is 11.9. The van der Waals surface area contributed by atoms with Crippen molar-refractivity contribution in [1.82, 2.24) is 29.2 Å². The molecule has 2 aromatic rings. The quantitative estimate of drug-likeness (QED) is 0.281. The Labute approximate surface area is 282 Å². The molecule has 1 aromatic heterocycles. The summed E-state index contributed by atoms with van der Waals surface area (Å²) in [5.74, 6) is -0.727. The van der Waals surface area contributed by atoms with Gasteiger partial charge >= 0.3 is 0 Å². The van der Waals surface area contributed by atoms with Gasteiger partial charge in [-0.05, 0) is 70.8 Å². The van der Waals surface area contributed by atoms with Crippen LogP contribution in [0.3, 0.4) is 0 Å². The smallest absolute Gasteiger partial charge is 0.277 e. The van der Waals surface area contributed by atoms with Gasteiger partial charge in [0.05, 0.1) is 37.6 Å². The molecule has 1 aromatic carbocycles. The molecule has 49 heavy (non-hydrogen) atoms. The minimum Gasteiger partial charge on any atom is -0.451 e. The standard InChI is InChI=1S/C31H42F5N7O5S/c1-20(2)43(15-28(35)36)30(44)24-11-21(32)3-6-25(24)48-26-12-37-19-38-29(26)42-17-31(18-42)7-9-41(10-8-31)14-23-5-4-22(16-47-23)40-49(45,46)39-13-27(33)34/h3,6,11-12,19-20,22-23,27-28,39-40H,4-5,7-10,13-18H2,1-2H3/t22-,23+/m1/s1. The lowest BCUT2D eigenvalue weighted by molar-refractivity contribution is -0.0299. The molecule has 1 amide bonds. The van der Waals surface area contributed by atoms with Gasteiger partial charge in [0.15, 0.2) is 11.6 Å². The van der Waals surface area contributed by atoms with Crippen LogP contribution in [-0.4, -0.2) is 118 Å². The first-order valence-corrected chi connectivity index (χ1v) is 17.7. The predicted octanol–water partition coefficient (Wildman–Crippen LogP) is 3.66. The highest BCUT2D eigenvalue weighted by Gasteiger charge is 2.46. The van der Waals surface area contributed by atoms with Gasteiger partial charge in [-0.1, -0.05) is 0 Å². The third-order valence-corrected chi connectivity index (χ3v) is 10.3. The number of carbonyl (C=O) groups is 1. The van der Waals surface area contributed by atoms with E-state index >= 15 is 0 Å². The second-order valence-corrected chi connectivity index (χ2v) is 14.7. The Hall–Kier alpha value is -3.19. The number of halogens is 5. The molecule has 3 saturated heterocycles. The molecule has 0 radical (unpaired) electrons. The van der Waals surface area contributed by atoms with Crippen LogP contribution in [0.25, 0.3) is 0 Å². The van der Waals surface area contributed by atoms with E-state index in [0.29, 0.717) is 38.3 Å². The number of carbonyl (C=O) groups excluding carboxylic acids is 1. The van der Waals surface area contributed by atoms with Gasteiger partial charge in [-0.25, -0.2) is 31.9 Å². The normalized spacial score (nSPS) is 21.4. The molecule has 3 aliphatic rings. The average molecular weight is 720 g/mol. The van der Waals surface area contributed by atoms with E-state index in [1.54, 1.807) is 13.8 Å². The third kappa shape index (κ3) is 9.74. The summed E-state index contributed by atoms with van der Waals surface area (Å²) in [6.07, 6.45) is 0.270. The number of rotatable bonds is 14. The fourth-order valence-corrected chi connectivity index (χ4v) is 7.59. The summed E-state index contributed by atoms with van der Waals surface area (Å²) in [5.41, 5.74) is -0.123. The van der Waals surface area contributed by atoms with Gasteiger partial charge in [0.1, 0.15) is 17.9 Å². The van der Waals surface area contributed by atoms with Crippen molar-refractivity contribution in [2.24, 2.45) is 5.41 Å².